The van der Waals surface area contributed by atoms with Crippen LogP contribution in [0.25, 0.3) is 0 Å². The Bertz CT molecular complexity index is 665. The summed E-state index contributed by atoms with van der Waals surface area (Å²) in [4.78, 5) is 39.7. The molecule has 1 aliphatic carbocycles. The van der Waals surface area contributed by atoms with Crippen molar-refractivity contribution < 1.29 is 19.1 Å². The van der Waals surface area contributed by atoms with Crippen LogP contribution in [-0.4, -0.2) is 60.8 Å². The third kappa shape index (κ3) is 3.92. The molecule has 2 aliphatic rings. The Morgan fingerprint density at radius 3 is 2.16 bits per heavy atom. The predicted molar refractivity (Wildman–Crippen MR) is 92.1 cm³/mol. The predicted octanol–water partition coefficient (Wildman–Crippen LogP) is 0.960. The number of hydrogen-bond donors (Lipinski definition) is 1. The van der Waals surface area contributed by atoms with Gasteiger partial charge in [-0.15, -0.1) is 0 Å². The van der Waals surface area contributed by atoms with Crippen molar-refractivity contribution in [2.24, 2.45) is 11.8 Å². The van der Waals surface area contributed by atoms with Gasteiger partial charge < -0.3 is 19.9 Å². The van der Waals surface area contributed by atoms with E-state index < -0.39 is 0 Å². The SMILES string of the molecule is COc1ccc(NC(=O)C2CC2C(=O)N2CCN(C(C)=O)CC2)cc1. The molecule has 0 bridgehead atoms. The second-order valence-corrected chi connectivity index (χ2v) is 6.50. The highest BCUT2D eigenvalue weighted by Gasteiger charge is 2.49. The number of nitrogens with one attached hydrogen (secondary N) is 1. The van der Waals surface area contributed by atoms with Gasteiger partial charge in [0.05, 0.1) is 18.9 Å². The zero-order valence-electron chi connectivity index (χ0n) is 14.5. The van der Waals surface area contributed by atoms with Crippen molar-refractivity contribution in [3.8, 4) is 5.75 Å². The van der Waals surface area contributed by atoms with Gasteiger partial charge in [-0.3, -0.25) is 14.4 Å². The molecule has 3 rings (SSSR count). The zero-order chi connectivity index (χ0) is 18.0. The molecule has 2 atom stereocenters. The Balaban J connectivity index is 1.49. The van der Waals surface area contributed by atoms with E-state index in [1.165, 1.54) is 6.92 Å². The van der Waals surface area contributed by atoms with Gasteiger partial charge in [0.1, 0.15) is 5.75 Å². The number of carbonyl (C=O) groups excluding carboxylic acids is 3. The summed E-state index contributed by atoms with van der Waals surface area (Å²) in [5, 5.41) is 2.85. The van der Waals surface area contributed by atoms with E-state index >= 15 is 0 Å². The smallest absolute Gasteiger partial charge is 0.228 e. The number of ether oxygens (including phenoxy) is 1. The Kier molecular flexibility index (Phi) is 4.92. The number of methoxy groups -OCH3 is 1. The van der Waals surface area contributed by atoms with Gasteiger partial charge in [0.2, 0.25) is 17.7 Å². The number of hydrogen-bond acceptors (Lipinski definition) is 4. The number of benzene rings is 1. The molecule has 2 unspecified atom stereocenters. The zero-order valence-corrected chi connectivity index (χ0v) is 14.5. The highest BCUT2D eigenvalue weighted by atomic mass is 16.5. The third-order valence-electron chi connectivity index (χ3n) is 4.84. The van der Waals surface area contributed by atoms with Gasteiger partial charge in [0, 0.05) is 38.8 Å². The molecule has 0 aromatic heterocycles. The summed E-state index contributed by atoms with van der Waals surface area (Å²) >= 11 is 0. The van der Waals surface area contributed by atoms with Gasteiger partial charge in [0.25, 0.3) is 0 Å². The first-order chi connectivity index (χ1) is 12.0. The first-order valence-corrected chi connectivity index (χ1v) is 8.49. The summed E-state index contributed by atoms with van der Waals surface area (Å²) in [7, 11) is 1.59. The van der Waals surface area contributed by atoms with E-state index in [1.807, 2.05) is 0 Å². The van der Waals surface area contributed by atoms with Crippen molar-refractivity contribution in [2.75, 3.05) is 38.6 Å². The molecule has 7 nitrogen and oxygen atoms in total. The van der Waals surface area contributed by atoms with E-state index in [1.54, 1.807) is 41.2 Å². The molecule has 1 aromatic rings. The van der Waals surface area contributed by atoms with Gasteiger partial charge in [-0.25, -0.2) is 0 Å². The highest BCUT2D eigenvalue weighted by Crippen LogP contribution is 2.41. The van der Waals surface area contributed by atoms with Gasteiger partial charge in [-0.1, -0.05) is 0 Å². The summed E-state index contributed by atoms with van der Waals surface area (Å²) in [6.07, 6.45) is 0.591. The number of nitrogens with zero attached hydrogens (tertiary/aromatic N) is 2. The Labute approximate surface area is 146 Å². The van der Waals surface area contributed by atoms with Crippen molar-refractivity contribution in [1.29, 1.82) is 0 Å². The van der Waals surface area contributed by atoms with E-state index in [0.717, 1.165) is 5.75 Å². The largest absolute Gasteiger partial charge is 0.497 e. The number of rotatable bonds is 4. The normalized spacial score (nSPS) is 22.3. The van der Waals surface area contributed by atoms with Crippen LogP contribution in [0.15, 0.2) is 24.3 Å². The summed E-state index contributed by atoms with van der Waals surface area (Å²) in [6, 6.07) is 7.10. The third-order valence-corrected chi connectivity index (χ3v) is 4.84. The average molecular weight is 345 g/mol. The molecule has 1 saturated carbocycles. The fourth-order valence-corrected chi connectivity index (χ4v) is 3.14. The molecule has 1 aromatic carbocycles. The van der Waals surface area contributed by atoms with E-state index in [0.29, 0.717) is 38.3 Å². The van der Waals surface area contributed by atoms with Crippen LogP contribution in [0, 0.1) is 11.8 Å². The van der Waals surface area contributed by atoms with Crippen LogP contribution in [0.3, 0.4) is 0 Å². The van der Waals surface area contributed by atoms with Crippen LogP contribution in [-0.2, 0) is 14.4 Å². The van der Waals surface area contributed by atoms with Gasteiger partial charge in [0.15, 0.2) is 0 Å². The first kappa shape index (κ1) is 17.3. The summed E-state index contributed by atoms with van der Waals surface area (Å²) in [6.45, 7) is 3.76. The molecule has 0 radical (unpaired) electrons. The molecule has 2 fully saturated rings. The molecule has 134 valence electrons. The van der Waals surface area contributed by atoms with Crippen molar-refractivity contribution in [1.82, 2.24) is 9.80 Å². The Morgan fingerprint density at radius 1 is 1.00 bits per heavy atom. The monoisotopic (exact) mass is 345 g/mol. The Morgan fingerprint density at radius 2 is 1.60 bits per heavy atom. The van der Waals surface area contributed by atoms with Crippen molar-refractivity contribution >= 4 is 23.4 Å². The minimum Gasteiger partial charge on any atom is -0.497 e. The second-order valence-electron chi connectivity index (χ2n) is 6.50. The molecular formula is C18H23N3O4. The van der Waals surface area contributed by atoms with Crippen molar-refractivity contribution in [3.05, 3.63) is 24.3 Å². The lowest BCUT2D eigenvalue weighted by Crippen LogP contribution is -2.50. The van der Waals surface area contributed by atoms with E-state index in [4.69, 9.17) is 4.74 Å². The van der Waals surface area contributed by atoms with Crippen LogP contribution in [0.2, 0.25) is 0 Å². The molecule has 3 amide bonds. The number of piperazine rings is 1. The van der Waals surface area contributed by atoms with Crippen LogP contribution < -0.4 is 10.1 Å². The molecule has 1 saturated heterocycles. The molecule has 1 heterocycles. The Hall–Kier alpha value is -2.57. The second kappa shape index (κ2) is 7.13. The van der Waals surface area contributed by atoms with Gasteiger partial charge in [-0.2, -0.15) is 0 Å². The molecule has 1 aliphatic heterocycles. The standard InChI is InChI=1S/C18H23N3O4/c1-12(22)20-7-9-21(10-8-20)18(24)16-11-15(16)17(23)19-13-3-5-14(25-2)6-4-13/h3-6,15-16H,7-11H2,1-2H3,(H,19,23). The fourth-order valence-electron chi connectivity index (χ4n) is 3.14. The number of amides is 3. The lowest BCUT2D eigenvalue weighted by molar-refractivity contribution is -0.139. The number of carbonyl (C=O) groups is 3. The van der Waals surface area contributed by atoms with E-state index in [-0.39, 0.29) is 29.6 Å². The highest BCUT2D eigenvalue weighted by molar-refractivity contribution is 5.99. The lowest BCUT2D eigenvalue weighted by atomic mass is 10.2. The first-order valence-electron chi connectivity index (χ1n) is 8.49. The minimum atomic E-state index is -0.263. The number of anilines is 1. The average Bonchev–Trinajstić information content (AvgIpc) is 3.42. The van der Waals surface area contributed by atoms with Crippen molar-refractivity contribution in [3.63, 3.8) is 0 Å². The molecule has 7 heteroatoms. The van der Waals surface area contributed by atoms with Gasteiger partial charge >= 0.3 is 0 Å². The summed E-state index contributed by atoms with van der Waals surface area (Å²) in [5.74, 6) is 0.170. The van der Waals surface area contributed by atoms with Crippen LogP contribution in [0.4, 0.5) is 5.69 Å². The van der Waals surface area contributed by atoms with Crippen LogP contribution in [0.1, 0.15) is 13.3 Å². The van der Waals surface area contributed by atoms with Crippen molar-refractivity contribution in [2.45, 2.75) is 13.3 Å². The maximum atomic E-state index is 12.5. The topological polar surface area (TPSA) is 79.0 Å². The summed E-state index contributed by atoms with van der Waals surface area (Å²) < 4.78 is 5.08. The molecule has 25 heavy (non-hydrogen) atoms. The van der Waals surface area contributed by atoms with E-state index in [9.17, 15) is 14.4 Å². The quantitative estimate of drug-likeness (QED) is 0.882. The molecule has 0 spiro atoms. The molecule has 1 N–H and O–H groups in total. The summed E-state index contributed by atoms with van der Waals surface area (Å²) in [5.41, 5.74) is 0.693. The fraction of sp³-hybridized carbons (Fsp3) is 0.500. The van der Waals surface area contributed by atoms with Crippen LogP contribution in [0.5, 0.6) is 5.75 Å². The van der Waals surface area contributed by atoms with Gasteiger partial charge in [-0.05, 0) is 30.7 Å². The van der Waals surface area contributed by atoms with E-state index in [2.05, 4.69) is 5.32 Å². The molecular weight excluding hydrogens is 322 g/mol. The lowest BCUT2D eigenvalue weighted by Gasteiger charge is -2.34. The van der Waals surface area contributed by atoms with Crippen LogP contribution >= 0.6 is 0 Å². The maximum absolute atomic E-state index is 12.5. The minimum absolute atomic E-state index is 0.0260. The maximum Gasteiger partial charge on any atom is 0.228 e.